The minimum Gasteiger partial charge on any atom is -0.497 e. The number of alkyl halides is 3. The Hall–Kier alpha value is -3.23. The molecule has 9 heteroatoms. The maximum atomic E-state index is 13.4. The van der Waals surface area contributed by atoms with Crippen LogP contribution in [0.3, 0.4) is 0 Å². The van der Waals surface area contributed by atoms with E-state index in [1.165, 1.54) is 6.07 Å². The van der Waals surface area contributed by atoms with Crippen LogP contribution in [0.1, 0.15) is 45.2 Å². The van der Waals surface area contributed by atoms with E-state index in [1.54, 1.807) is 25.3 Å². The van der Waals surface area contributed by atoms with Gasteiger partial charge in [-0.05, 0) is 48.7 Å². The fourth-order valence-corrected chi connectivity index (χ4v) is 4.38. The molecule has 0 N–H and O–H groups in total. The zero-order valence-corrected chi connectivity index (χ0v) is 20.6. The smallest absolute Gasteiger partial charge is 0.416 e. The standard InChI is InChI=1S/C26H30F3N3O3/c1-16-15-31(10-11-32(16)23(33)14-25(2,3)4)24-19-13-18(34-5)7-9-21(19)35-22-8-6-17(26(27,28)29)12-20(22)30-24/h6-9,12-13,16H,10-11,14-15H2,1-5H3. The third kappa shape index (κ3) is 5.39. The molecule has 0 radical (unpaired) electrons. The van der Waals surface area contributed by atoms with Crippen LogP contribution in [0.4, 0.5) is 18.9 Å². The first-order valence-corrected chi connectivity index (χ1v) is 11.6. The van der Waals surface area contributed by atoms with E-state index < -0.39 is 11.7 Å². The third-order valence-corrected chi connectivity index (χ3v) is 6.09. The lowest BCUT2D eigenvalue weighted by molar-refractivity contribution is -0.138. The summed E-state index contributed by atoms with van der Waals surface area (Å²) in [6, 6.07) is 8.42. The van der Waals surface area contributed by atoms with Crippen LogP contribution in [0.25, 0.3) is 0 Å². The van der Waals surface area contributed by atoms with Gasteiger partial charge in [-0.25, -0.2) is 4.99 Å². The predicted octanol–water partition coefficient (Wildman–Crippen LogP) is 5.87. The van der Waals surface area contributed by atoms with Crippen molar-refractivity contribution in [3.63, 3.8) is 0 Å². The van der Waals surface area contributed by atoms with Crippen molar-refractivity contribution in [3.8, 4) is 17.2 Å². The van der Waals surface area contributed by atoms with E-state index >= 15 is 0 Å². The Labute approximate surface area is 203 Å². The number of carbonyl (C=O) groups is 1. The maximum absolute atomic E-state index is 13.4. The summed E-state index contributed by atoms with van der Waals surface area (Å²) in [5.74, 6) is 1.88. The van der Waals surface area contributed by atoms with E-state index in [0.29, 0.717) is 49.0 Å². The summed E-state index contributed by atoms with van der Waals surface area (Å²) in [7, 11) is 1.54. The van der Waals surface area contributed by atoms with Gasteiger partial charge in [-0.3, -0.25) is 4.79 Å². The Morgan fingerprint density at radius 1 is 1.11 bits per heavy atom. The van der Waals surface area contributed by atoms with Crippen LogP contribution in [0.15, 0.2) is 41.4 Å². The van der Waals surface area contributed by atoms with Gasteiger partial charge in [0.2, 0.25) is 5.91 Å². The average molecular weight is 490 g/mol. The molecule has 0 bridgehead atoms. The van der Waals surface area contributed by atoms with Gasteiger partial charge in [-0.2, -0.15) is 13.2 Å². The van der Waals surface area contributed by atoms with Crippen LogP contribution < -0.4 is 9.47 Å². The molecule has 35 heavy (non-hydrogen) atoms. The highest BCUT2D eigenvalue weighted by Crippen LogP contribution is 2.42. The molecule has 0 aromatic heterocycles. The van der Waals surface area contributed by atoms with Crippen molar-refractivity contribution in [3.05, 3.63) is 47.5 Å². The molecule has 1 atom stereocenters. The Morgan fingerprint density at radius 2 is 1.83 bits per heavy atom. The van der Waals surface area contributed by atoms with Crippen molar-refractivity contribution in [2.45, 2.75) is 46.3 Å². The number of rotatable bonds is 2. The van der Waals surface area contributed by atoms with Crippen molar-refractivity contribution in [1.29, 1.82) is 0 Å². The lowest BCUT2D eigenvalue weighted by Gasteiger charge is -2.42. The molecule has 2 aliphatic rings. The molecule has 1 saturated heterocycles. The predicted molar refractivity (Wildman–Crippen MR) is 128 cm³/mol. The summed E-state index contributed by atoms with van der Waals surface area (Å²) in [5, 5.41) is 0. The van der Waals surface area contributed by atoms with Crippen LogP contribution in [0.5, 0.6) is 17.2 Å². The van der Waals surface area contributed by atoms with Crippen LogP contribution >= 0.6 is 0 Å². The molecule has 188 valence electrons. The number of fused-ring (bicyclic) bond motifs is 2. The Balaban J connectivity index is 1.72. The van der Waals surface area contributed by atoms with Crippen molar-refractivity contribution >= 4 is 17.4 Å². The summed E-state index contributed by atoms with van der Waals surface area (Å²) in [5.41, 5.74) is -0.191. The quantitative estimate of drug-likeness (QED) is 0.530. The molecule has 4 rings (SSSR count). The number of halogens is 3. The monoisotopic (exact) mass is 489 g/mol. The summed E-state index contributed by atoms with van der Waals surface area (Å²) < 4.78 is 51.6. The number of piperazine rings is 1. The number of methoxy groups -OCH3 is 1. The molecule has 1 amide bonds. The van der Waals surface area contributed by atoms with Gasteiger partial charge in [0.25, 0.3) is 0 Å². The van der Waals surface area contributed by atoms with E-state index in [1.807, 2.05) is 37.5 Å². The molecule has 1 unspecified atom stereocenters. The van der Waals surface area contributed by atoms with Crippen LogP contribution in [0.2, 0.25) is 0 Å². The molecular formula is C26H30F3N3O3. The van der Waals surface area contributed by atoms with E-state index in [4.69, 9.17) is 9.47 Å². The van der Waals surface area contributed by atoms with Crippen molar-refractivity contribution in [2.75, 3.05) is 26.7 Å². The van der Waals surface area contributed by atoms with Crippen LogP contribution in [-0.4, -0.2) is 54.3 Å². The molecular weight excluding hydrogens is 459 g/mol. The number of benzene rings is 2. The third-order valence-electron chi connectivity index (χ3n) is 6.09. The van der Waals surface area contributed by atoms with Gasteiger partial charge in [-0.15, -0.1) is 0 Å². The molecule has 0 saturated carbocycles. The molecule has 1 fully saturated rings. The van der Waals surface area contributed by atoms with Gasteiger partial charge in [0.05, 0.1) is 18.2 Å². The molecule has 2 aromatic rings. The zero-order valence-electron chi connectivity index (χ0n) is 20.6. The van der Waals surface area contributed by atoms with Gasteiger partial charge < -0.3 is 19.3 Å². The average Bonchev–Trinajstić information content (AvgIpc) is 2.92. The van der Waals surface area contributed by atoms with E-state index in [2.05, 4.69) is 4.99 Å². The summed E-state index contributed by atoms with van der Waals surface area (Å²) in [6.45, 7) is 9.53. The molecule has 2 aromatic carbocycles. The fourth-order valence-electron chi connectivity index (χ4n) is 4.38. The molecule has 6 nitrogen and oxygen atoms in total. The highest BCUT2D eigenvalue weighted by Gasteiger charge is 2.35. The highest BCUT2D eigenvalue weighted by atomic mass is 19.4. The number of aliphatic imine (C=N–C) groups is 1. The minimum atomic E-state index is -4.50. The first-order chi connectivity index (χ1) is 16.4. The normalized spacial score (nSPS) is 18.2. The van der Waals surface area contributed by atoms with Gasteiger partial charge in [-0.1, -0.05) is 20.8 Å². The second-order valence-electron chi connectivity index (χ2n) is 10.2. The topological polar surface area (TPSA) is 54.4 Å². The summed E-state index contributed by atoms with van der Waals surface area (Å²) >= 11 is 0. The maximum Gasteiger partial charge on any atom is 0.416 e. The summed E-state index contributed by atoms with van der Waals surface area (Å²) in [6.07, 6.45) is -4.06. The van der Waals surface area contributed by atoms with E-state index in [-0.39, 0.29) is 28.8 Å². The van der Waals surface area contributed by atoms with Crippen molar-refractivity contribution < 1.29 is 27.4 Å². The van der Waals surface area contributed by atoms with Gasteiger partial charge in [0, 0.05) is 32.1 Å². The second-order valence-corrected chi connectivity index (χ2v) is 10.2. The molecule has 2 heterocycles. The number of carbonyl (C=O) groups excluding carboxylic acids is 1. The minimum absolute atomic E-state index is 0.0954. The first-order valence-electron chi connectivity index (χ1n) is 11.6. The van der Waals surface area contributed by atoms with E-state index in [0.717, 1.165) is 12.1 Å². The molecule has 0 aliphatic carbocycles. The van der Waals surface area contributed by atoms with Crippen molar-refractivity contribution in [1.82, 2.24) is 9.80 Å². The number of nitrogens with zero attached hydrogens (tertiary/aromatic N) is 3. The fraction of sp³-hybridized carbons (Fsp3) is 0.462. The van der Waals surface area contributed by atoms with E-state index in [9.17, 15) is 18.0 Å². The van der Waals surface area contributed by atoms with Crippen molar-refractivity contribution in [2.24, 2.45) is 10.4 Å². The lowest BCUT2D eigenvalue weighted by Crippen LogP contribution is -2.56. The van der Waals surface area contributed by atoms with Crippen LogP contribution in [0, 0.1) is 5.41 Å². The zero-order chi connectivity index (χ0) is 25.5. The highest BCUT2D eigenvalue weighted by molar-refractivity contribution is 6.04. The Bertz CT molecular complexity index is 1150. The molecule has 2 aliphatic heterocycles. The number of amidine groups is 1. The lowest BCUT2D eigenvalue weighted by atomic mass is 9.91. The number of ether oxygens (including phenoxy) is 2. The molecule has 0 spiro atoms. The number of amides is 1. The number of hydrogen-bond donors (Lipinski definition) is 0. The summed E-state index contributed by atoms with van der Waals surface area (Å²) in [4.78, 5) is 21.4. The van der Waals surface area contributed by atoms with Gasteiger partial charge in [0.15, 0.2) is 5.75 Å². The number of hydrogen-bond acceptors (Lipinski definition) is 5. The second kappa shape index (κ2) is 9.09. The van der Waals surface area contributed by atoms with Gasteiger partial charge in [0.1, 0.15) is 23.0 Å². The van der Waals surface area contributed by atoms with Crippen LogP contribution in [-0.2, 0) is 11.0 Å². The Kier molecular flexibility index (Phi) is 6.46. The Morgan fingerprint density at radius 3 is 2.46 bits per heavy atom. The SMILES string of the molecule is COc1ccc2c(c1)C(N1CCN(C(=O)CC(C)(C)C)C(C)C1)=Nc1cc(C(F)(F)F)ccc1O2. The van der Waals surface area contributed by atoms with Gasteiger partial charge >= 0.3 is 6.18 Å². The largest absolute Gasteiger partial charge is 0.497 e. The first kappa shape index (κ1) is 24.9.